The summed E-state index contributed by atoms with van der Waals surface area (Å²) in [4.78, 5) is 9.96. The van der Waals surface area contributed by atoms with Gasteiger partial charge in [-0.05, 0) is 42.5 Å². The quantitative estimate of drug-likeness (QED) is 0.733. The SMILES string of the molecule is Cc1csc(-c2csc(Nc3cnccc3C)n2)c1.Cl. The second-order valence-corrected chi connectivity index (χ2v) is 6.11. The first kappa shape index (κ1) is 15.0. The van der Waals surface area contributed by atoms with E-state index in [2.05, 4.69) is 46.0 Å². The molecule has 0 bridgehead atoms. The fourth-order valence-corrected chi connectivity index (χ4v) is 3.38. The fraction of sp³-hybridized carbons (Fsp3) is 0.143. The number of aromatic nitrogens is 2. The number of rotatable bonds is 3. The number of hydrogen-bond donors (Lipinski definition) is 1. The molecule has 0 saturated heterocycles. The first-order valence-corrected chi connectivity index (χ1v) is 7.67. The summed E-state index contributed by atoms with van der Waals surface area (Å²) in [6.07, 6.45) is 3.62. The Morgan fingerprint density at radius 1 is 1.15 bits per heavy atom. The highest BCUT2D eigenvalue weighted by molar-refractivity contribution is 7.16. The molecule has 0 saturated carbocycles. The third-order valence-corrected chi connectivity index (χ3v) is 4.60. The van der Waals surface area contributed by atoms with Gasteiger partial charge in [-0.2, -0.15) is 0 Å². The van der Waals surface area contributed by atoms with Crippen LogP contribution in [0.4, 0.5) is 10.8 Å². The van der Waals surface area contributed by atoms with Gasteiger partial charge in [0.05, 0.1) is 22.5 Å². The minimum atomic E-state index is 0. The van der Waals surface area contributed by atoms with E-state index >= 15 is 0 Å². The van der Waals surface area contributed by atoms with Crippen molar-refractivity contribution in [1.82, 2.24) is 9.97 Å². The molecule has 1 N–H and O–H groups in total. The maximum atomic E-state index is 4.62. The van der Waals surface area contributed by atoms with E-state index in [1.807, 2.05) is 12.3 Å². The lowest BCUT2D eigenvalue weighted by atomic mass is 10.2. The molecule has 0 amide bonds. The Kier molecular flexibility index (Phi) is 4.75. The van der Waals surface area contributed by atoms with Crippen LogP contribution >= 0.6 is 35.1 Å². The van der Waals surface area contributed by atoms with Gasteiger partial charge in [-0.25, -0.2) is 4.98 Å². The summed E-state index contributed by atoms with van der Waals surface area (Å²) in [5, 5.41) is 8.45. The monoisotopic (exact) mass is 323 g/mol. The molecule has 0 aliphatic carbocycles. The van der Waals surface area contributed by atoms with E-state index in [1.165, 1.54) is 16.0 Å². The van der Waals surface area contributed by atoms with Gasteiger partial charge >= 0.3 is 0 Å². The number of pyridine rings is 1. The number of thiophene rings is 1. The summed E-state index contributed by atoms with van der Waals surface area (Å²) in [5.41, 5.74) is 4.49. The summed E-state index contributed by atoms with van der Waals surface area (Å²) in [6, 6.07) is 4.15. The van der Waals surface area contributed by atoms with Crippen LogP contribution in [0.25, 0.3) is 10.6 Å². The molecule has 3 heterocycles. The number of anilines is 2. The summed E-state index contributed by atoms with van der Waals surface area (Å²) in [6.45, 7) is 4.16. The second kappa shape index (κ2) is 6.35. The number of nitrogens with zero attached hydrogens (tertiary/aromatic N) is 2. The van der Waals surface area contributed by atoms with Gasteiger partial charge in [-0.1, -0.05) is 0 Å². The molecule has 6 heteroatoms. The van der Waals surface area contributed by atoms with E-state index in [1.54, 1.807) is 28.9 Å². The number of nitrogens with one attached hydrogen (secondary N) is 1. The van der Waals surface area contributed by atoms with Crippen molar-refractivity contribution in [2.75, 3.05) is 5.32 Å². The van der Waals surface area contributed by atoms with E-state index in [-0.39, 0.29) is 12.4 Å². The normalized spacial score (nSPS) is 10.1. The standard InChI is InChI=1S/C14H13N3S2.ClH/c1-9-5-13(18-7-9)12-8-19-14(17-12)16-11-6-15-4-3-10(11)2;/h3-8H,1-2H3,(H,16,17);1H. The minimum absolute atomic E-state index is 0. The van der Waals surface area contributed by atoms with E-state index in [9.17, 15) is 0 Å². The molecule has 3 nitrogen and oxygen atoms in total. The Labute approximate surface area is 132 Å². The summed E-state index contributed by atoms with van der Waals surface area (Å²) >= 11 is 3.34. The van der Waals surface area contributed by atoms with Crippen LogP contribution in [0.15, 0.2) is 35.3 Å². The van der Waals surface area contributed by atoms with Crippen LogP contribution in [0, 0.1) is 13.8 Å². The number of hydrogen-bond acceptors (Lipinski definition) is 5. The molecule has 3 aromatic heterocycles. The van der Waals surface area contributed by atoms with Crippen LogP contribution in [-0.4, -0.2) is 9.97 Å². The highest BCUT2D eigenvalue weighted by atomic mass is 35.5. The molecule has 3 rings (SSSR count). The van der Waals surface area contributed by atoms with Crippen LogP contribution in [0.3, 0.4) is 0 Å². The van der Waals surface area contributed by atoms with Crippen molar-refractivity contribution in [3.05, 3.63) is 46.4 Å². The molecule has 0 spiro atoms. The van der Waals surface area contributed by atoms with Gasteiger partial charge in [-0.15, -0.1) is 35.1 Å². The predicted molar refractivity (Wildman–Crippen MR) is 89.7 cm³/mol. The largest absolute Gasteiger partial charge is 0.330 e. The molecule has 0 aromatic carbocycles. The highest BCUT2D eigenvalue weighted by Gasteiger charge is 2.07. The van der Waals surface area contributed by atoms with Gasteiger partial charge in [0.2, 0.25) is 0 Å². The van der Waals surface area contributed by atoms with Crippen molar-refractivity contribution >= 4 is 45.9 Å². The predicted octanol–water partition coefficient (Wildman–Crippen LogP) is 5.05. The van der Waals surface area contributed by atoms with Gasteiger partial charge < -0.3 is 5.32 Å². The van der Waals surface area contributed by atoms with Gasteiger partial charge in [0.15, 0.2) is 5.13 Å². The zero-order chi connectivity index (χ0) is 13.2. The van der Waals surface area contributed by atoms with E-state index < -0.39 is 0 Å². The fourth-order valence-electron chi connectivity index (χ4n) is 1.72. The third kappa shape index (κ3) is 3.17. The molecule has 0 aliphatic rings. The van der Waals surface area contributed by atoms with Crippen LogP contribution in [0.1, 0.15) is 11.1 Å². The Hall–Kier alpha value is -1.43. The number of thiazole rings is 1. The Balaban J connectivity index is 0.00000147. The first-order chi connectivity index (χ1) is 9.22. The van der Waals surface area contributed by atoms with Crippen molar-refractivity contribution in [1.29, 1.82) is 0 Å². The maximum absolute atomic E-state index is 4.62. The summed E-state index contributed by atoms with van der Waals surface area (Å²) in [7, 11) is 0. The molecule has 0 fully saturated rings. The topological polar surface area (TPSA) is 37.8 Å². The zero-order valence-corrected chi connectivity index (χ0v) is 13.5. The lowest BCUT2D eigenvalue weighted by molar-refractivity contribution is 1.27. The Bertz CT molecular complexity index is 706. The zero-order valence-electron chi connectivity index (χ0n) is 11.1. The lowest BCUT2D eigenvalue weighted by Crippen LogP contribution is -1.93. The van der Waals surface area contributed by atoms with Crippen molar-refractivity contribution in [3.63, 3.8) is 0 Å². The average molecular weight is 324 g/mol. The average Bonchev–Trinajstić information content (AvgIpc) is 3.01. The lowest BCUT2D eigenvalue weighted by Gasteiger charge is -2.04. The van der Waals surface area contributed by atoms with E-state index in [4.69, 9.17) is 0 Å². The van der Waals surface area contributed by atoms with Gasteiger partial charge in [0, 0.05) is 11.6 Å². The molecule has 104 valence electrons. The van der Waals surface area contributed by atoms with Crippen molar-refractivity contribution in [2.45, 2.75) is 13.8 Å². The maximum Gasteiger partial charge on any atom is 0.187 e. The van der Waals surface area contributed by atoms with Crippen molar-refractivity contribution in [3.8, 4) is 10.6 Å². The summed E-state index contributed by atoms with van der Waals surface area (Å²) in [5.74, 6) is 0. The van der Waals surface area contributed by atoms with Crippen LogP contribution < -0.4 is 5.32 Å². The molecular weight excluding hydrogens is 310 g/mol. The summed E-state index contributed by atoms with van der Waals surface area (Å²) < 4.78 is 0. The van der Waals surface area contributed by atoms with Gasteiger partial charge in [-0.3, -0.25) is 4.98 Å². The van der Waals surface area contributed by atoms with Gasteiger partial charge in [0.1, 0.15) is 0 Å². The van der Waals surface area contributed by atoms with Crippen LogP contribution in [-0.2, 0) is 0 Å². The van der Waals surface area contributed by atoms with Gasteiger partial charge in [0.25, 0.3) is 0 Å². The van der Waals surface area contributed by atoms with Crippen LogP contribution in [0.5, 0.6) is 0 Å². The molecule has 0 atom stereocenters. The number of halogens is 1. The Morgan fingerprint density at radius 2 is 2.00 bits per heavy atom. The first-order valence-electron chi connectivity index (χ1n) is 5.91. The Morgan fingerprint density at radius 3 is 2.70 bits per heavy atom. The van der Waals surface area contributed by atoms with E-state index in [0.717, 1.165) is 16.5 Å². The van der Waals surface area contributed by atoms with Crippen molar-refractivity contribution in [2.24, 2.45) is 0 Å². The smallest absolute Gasteiger partial charge is 0.187 e. The molecule has 0 unspecified atom stereocenters. The second-order valence-electron chi connectivity index (χ2n) is 4.34. The highest BCUT2D eigenvalue weighted by Crippen LogP contribution is 2.31. The van der Waals surface area contributed by atoms with E-state index in [0.29, 0.717) is 0 Å². The molecule has 20 heavy (non-hydrogen) atoms. The molecular formula is C14H14ClN3S2. The number of aryl methyl sites for hydroxylation is 2. The third-order valence-electron chi connectivity index (χ3n) is 2.77. The molecule has 3 aromatic rings. The molecule has 0 aliphatic heterocycles. The minimum Gasteiger partial charge on any atom is -0.330 e. The van der Waals surface area contributed by atoms with Crippen molar-refractivity contribution < 1.29 is 0 Å². The molecule has 0 radical (unpaired) electrons. The van der Waals surface area contributed by atoms with Crippen LogP contribution in [0.2, 0.25) is 0 Å².